The van der Waals surface area contributed by atoms with Crippen LogP contribution in [0.4, 0.5) is 0 Å². The molecule has 0 heterocycles. The Bertz CT molecular complexity index is 1040. The minimum absolute atomic E-state index is 0.267. The Hall–Kier alpha value is -3.60. The number of hydrazine groups is 1. The predicted octanol–water partition coefficient (Wildman–Crippen LogP) is 5.37. The minimum Gasteiger partial charge on any atom is -0.457 e. The minimum atomic E-state index is -0.616. The topological polar surface area (TPSA) is 58.6 Å². The van der Waals surface area contributed by atoms with Crippen molar-refractivity contribution in [3.63, 3.8) is 0 Å². The molecule has 0 radical (unpaired) electrons. The highest BCUT2D eigenvalue weighted by Gasteiger charge is 2.29. The number of para-hydroxylation sites is 1. The Labute approximate surface area is 177 Å². The molecule has 0 spiro atoms. The summed E-state index contributed by atoms with van der Waals surface area (Å²) in [6, 6.07) is 23.5. The fourth-order valence-corrected chi connectivity index (χ4v) is 2.92. The van der Waals surface area contributed by atoms with Gasteiger partial charge in [-0.1, -0.05) is 42.0 Å². The quantitative estimate of drug-likeness (QED) is 0.597. The summed E-state index contributed by atoms with van der Waals surface area (Å²) >= 11 is 0. The van der Waals surface area contributed by atoms with Crippen LogP contribution in [0.15, 0.2) is 78.9 Å². The molecule has 0 aromatic heterocycles. The van der Waals surface area contributed by atoms with E-state index in [2.05, 4.69) is 5.43 Å². The van der Waals surface area contributed by atoms with E-state index in [0.29, 0.717) is 22.6 Å². The summed E-state index contributed by atoms with van der Waals surface area (Å²) in [4.78, 5) is 26.1. The molecule has 5 heteroatoms. The van der Waals surface area contributed by atoms with Crippen LogP contribution in [0.3, 0.4) is 0 Å². The van der Waals surface area contributed by atoms with Crippen LogP contribution in [-0.2, 0) is 0 Å². The standard InChI is InChI=1S/C25H26N2O3/c1-18-10-8-12-20(16-18)24(29)27(25(2,3)4)26-23(28)19-11-9-15-22(17-19)30-21-13-6-5-7-14-21/h5-17H,1-4H3,(H,26,28). The average Bonchev–Trinajstić information content (AvgIpc) is 2.71. The van der Waals surface area contributed by atoms with E-state index in [4.69, 9.17) is 4.74 Å². The lowest BCUT2D eigenvalue weighted by atomic mass is 10.1. The fraction of sp³-hybridized carbons (Fsp3) is 0.200. The molecule has 0 atom stereocenters. The molecule has 0 saturated carbocycles. The summed E-state index contributed by atoms with van der Waals surface area (Å²) in [6.45, 7) is 7.54. The van der Waals surface area contributed by atoms with Gasteiger partial charge in [-0.2, -0.15) is 0 Å². The van der Waals surface area contributed by atoms with E-state index in [-0.39, 0.29) is 11.8 Å². The van der Waals surface area contributed by atoms with Gasteiger partial charge in [0.2, 0.25) is 0 Å². The van der Waals surface area contributed by atoms with E-state index >= 15 is 0 Å². The van der Waals surface area contributed by atoms with Gasteiger partial charge in [0.05, 0.1) is 5.54 Å². The number of nitrogens with one attached hydrogen (secondary N) is 1. The molecule has 3 rings (SSSR count). The van der Waals surface area contributed by atoms with Gasteiger partial charge in [-0.25, -0.2) is 5.01 Å². The first-order valence-corrected chi connectivity index (χ1v) is 9.79. The van der Waals surface area contributed by atoms with Crippen LogP contribution in [0.5, 0.6) is 11.5 Å². The second kappa shape index (κ2) is 8.82. The monoisotopic (exact) mass is 402 g/mol. The van der Waals surface area contributed by atoms with Crippen molar-refractivity contribution >= 4 is 11.8 Å². The molecule has 0 aliphatic rings. The number of aryl methyl sites for hydroxylation is 1. The highest BCUT2D eigenvalue weighted by molar-refractivity contribution is 5.99. The van der Waals surface area contributed by atoms with Crippen molar-refractivity contribution in [3.05, 3.63) is 95.6 Å². The second-order valence-electron chi connectivity index (χ2n) is 8.06. The highest BCUT2D eigenvalue weighted by atomic mass is 16.5. The predicted molar refractivity (Wildman–Crippen MR) is 118 cm³/mol. The summed E-state index contributed by atoms with van der Waals surface area (Å²) in [7, 11) is 0. The van der Waals surface area contributed by atoms with Gasteiger partial charge in [-0.3, -0.25) is 15.0 Å². The lowest BCUT2D eigenvalue weighted by Gasteiger charge is -2.35. The van der Waals surface area contributed by atoms with E-state index in [9.17, 15) is 9.59 Å². The third-order valence-corrected chi connectivity index (χ3v) is 4.43. The average molecular weight is 402 g/mol. The summed E-state index contributed by atoms with van der Waals surface area (Å²) < 4.78 is 5.81. The zero-order valence-corrected chi connectivity index (χ0v) is 17.7. The lowest BCUT2D eigenvalue weighted by Crippen LogP contribution is -2.55. The van der Waals surface area contributed by atoms with E-state index in [1.807, 2.05) is 76.2 Å². The smallest absolute Gasteiger partial charge is 0.272 e. The first kappa shape index (κ1) is 21.1. The van der Waals surface area contributed by atoms with Crippen LogP contribution in [0.1, 0.15) is 47.1 Å². The number of carbonyl (C=O) groups excluding carboxylic acids is 2. The van der Waals surface area contributed by atoms with Crippen molar-refractivity contribution in [1.29, 1.82) is 0 Å². The van der Waals surface area contributed by atoms with Gasteiger partial charge >= 0.3 is 0 Å². The van der Waals surface area contributed by atoms with Crippen LogP contribution < -0.4 is 10.2 Å². The lowest BCUT2D eigenvalue weighted by molar-refractivity contribution is 0.0358. The maximum Gasteiger partial charge on any atom is 0.272 e. The molecular weight excluding hydrogens is 376 g/mol. The van der Waals surface area contributed by atoms with Gasteiger partial charge in [-0.05, 0) is 70.2 Å². The van der Waals surface area contributed by atoms with E-state index < -0.39 is 5.54 Å². The Morgan fingerprint density at radius 3 is 2.10 bits per heavy atom. The molecular formula is C25H26N2O3. The Morgan fingerprint density at radius 1 is 0.800 bits per heavy atom. The number of ether oxygens (including phenoxy) is 1. The van der Waals surface area contributed by atoms with Crippen LogP contribution in [0, 0.1) is 6.92 Å². The molecule has 0 unspecified atom stereocenters. The zero-order valence-electron chi connectivity index (χ0n) is 17.7. The highest BCUT2D eigenvalue weighted by Crippen LogP contribution is 2.22. The molecule has 0 fully saturated rings. The van der Waals surface area contributed by atoms with Crippen LogP contribution >= 0.6 is 0 Å². The van der Waals surface area contributed by atoms with Crippen molar-refractivity contribution in [1.82, 2.24) is 10.4 Å². The normalized spacial score (nSPS) is 10.9. The van der Waals surface area contributed by atoms with Crippen LogP contribution in [0.2, 0.25) is 0 Å². The Kier molecular flexibility index (Phi) is 6.21. The largest absolute Gasteiger partial charge is 0.457 e. The molecule has 154 valence electrons. The van der Waals surface area contributed by atoms with E-state index in [0.717, 1.165) is 5.56 Å². The number of hydrogen-bond acceptors (Lipinski definition) is 3. The van der Waals surface area contributed by atoms with Crippen molar-refractivity contribution in [3.8, 4) is 11.5 Å². The van der Waals surface area contributed by atoms with E-state index in [1.165, 1.54) is 5.01 Å². The summed E-state index contributed by atoms with van der Waals surface area (Å²) in [5.74, 6) is 0.572. The summed E-state index contributed by atoms with van der Waals surface area (Å²) in [6.07, 6.45) is 0. The number of nitrogens with zero attached hydrogens (tertiary/aromatic N) is 1. The Balaban J connectivity index is 1.81. The van der Waals surface area contributed by atoms with Crippen molar-refractivity contribution < 1.29 is 14.3 Å². The Morgan fingerprint density at radius 2 is 1.43 bits per heavy atom. The van der Waals surface area contributed by atoms with Gasteiger partial charge in [-0.15, -0.1) is 0 Å². The molecule has 30 heavy (non-hydrogen) atoms. The maximum absolute atomic E-state index is 13.1. The summed E-state index contributed by atoms with van der Waals surface area (Å²) in [5, 5.41) is 1.37. The molecule has 0 bridgehead atoms. The first-order valence-electron chi connectivity index (χ1n) is 9.79. The SMILES string of the molecule is Cc1cccc(C(=O)N(NC(=O)c2cccc(Oc3ccccc3)c2)C(C)(C)C)c1. The molecule has 0 aliphatic heterocycles. The van der Waals surface area contributed by atoms with Gasteiger partial charge < -0.3 is 4.74 Å². The third kappa shape index (κ3) is 5.26. The van der Waals surface area contributed by atoms with Crippen LogP contribution in [0.25, 0.3) is 0 Å². The number of rotatable bonds is 4. The molecule has 5 nitrogen and oxygen atoms in total. The molecule has 3 aromatic carbocycles. The van der Waals surface area contributed by atoms with Crippen molar-refractivity contribution in [2.45, 2.75) is 33.2 Å². The molecule has 0 saturated heterocycles. The number of benzene rings is 3. The number of amides is 2. The zero-order chi connectivity index (χ0) is 21.7. The molecule has 0 aliphatic carbocycles. The summed E-state index contributed by atoms with van der Waals surface area (Å²) in [5.41, 5.74) is 4.05. The van der Waals surface area contributed by atoms with Gasteiger partial charge in [0.25, 0.3) is 11.8 Å². The molecule has 1 N–H and O–H groups in total. The molecule has 2 amide bonds. The van der Waals surface area contributed by atoms with Gasteiger partial charge in [0.15, 0.2) is 0 Å². The number of carbonyl (C=O) groups is 2. The molecule has 3 aromatic rings. The van der Waals surface area contributed by atoms with E-state index in [1.54, 1.807) is 30.3 Å². The fourth-order valence-electron chi connectivity index (χ4n) is 2.92. The van der Waals surface area contributed by atoms with Crippen molar-refractivity contribution in [2.24, 2.45) is 0 Å². The van der Waals surface area contributed by atoms with Crippen molar-refractivity contribution in [2.75, 3.05) is 0 Å². The van der Waals surface area contributed by atoms with Crippen LogP contribution in [-0.4, -0.2) is 22.4 Å². The third-order valence-electron chi connectivity index (χ3n) is 4.43. The number of hydrogen-bond donors (Lipinski definition) is 1. The van der Waals surface area contributed by atoms with Gasteiger partial charge in [0.1, 0.15) is 11.5 Å². The second-order valence-corrected chi connectivity index (χ2v) is 8.06. The first-order chi connectivity index (χ1) is 14.2. The maximum atomic E-state index is 13.1. The van der Waals surface area contributed by atoms with Gasteiger partial charge in [0, 0.05) is 11.1 Å².